The number of phenols is 1. The van der Waals surface area contributed by atoms with E-state index in [2.05, 4.69) is 0 Å². The van der Waals surface area contributed by atoms with Gasteiger partial charge in [0.15, 0.2) is 0 Å². The first-order valence-corrected chi connectivity index (χ1v) is 6.65. The molecule has 2 unspecified atom stereocenters. The van der Waals surface area contributed by atoms with Crippen molar-refractivity contribution in [1.29, 1.82) is 0 Å². The summed E-state index contributed by atoms with van der Waals surface area (Å²) in [6.45, 7) is 0. The number of anilines is 1. The lowest BCUT2D eigenvalue weighted by molar-refractivity contribution is 0.0287. The Labute approximate surface area is 111 Å². The van der Waals surface area contributed by atoms with Gasteiger partial charge in [0.2, 0.25) is 0 Å². The van der Waals surface area contributed by atoms with Crippen molar-refractivity contribution >= 4 is 11.6 Å². The maximum absolute atomic E-state index is 12.6. The second-order valence-corrected chi connectivity index (χ2v) is 5.49. The first-order chi connectivity index (χ1) is 9.06. The van der Waals surface area contributed by atoms with Crippen molar-refractivity contribution in [3.8, 4) is 5.75 Å². The van der Waals surface area contributed by atoms with Crippen LogP contribution < -0.4 is 5.73 Å². The lowest BCUT2D eigenvalue weighted by atomic mass is 9.98. The zero-order chi connectivity index (χ0) is 13.6. The number of aliphatic hydroxyl groups excluding tert-OH is 1. The summed E-state index contributed by atoms with van der Waals surface area (Å²) in [7, 11) is 0. The average Bonchev–Trinajstić information content (AvgIpc) is 2.64. The molecule has 2 atom stereocenters. The zero-order valence-electron chi connectivity index (χ0n) is 10.6. The largest absolute Gasteiger partial charge is 0.508 e. The number of nitrogen functional groups attached to an aromatic ring is 1. The lowest BCUT2D eigenvalue weighted by Crippen LogP contribution is -2.48. The summed E-state index contributed by atoms with van der Waals surface area (Å²) >= 11 is 0. The van der Waals surface area contributed by atoms with Gasteiger partial charge in [0.25, 0.3) is 5.91 Å². The molecule has 2 saturated heterocycles. The Bertz CT molecular complexity index is 503. The van der Waals surface area contributed by atoms with E-state index in [0.717, 1.165) is 12.8 Å². The molecule has 4 N–H and O–H groups in total. The first kappa shape index (κ1) is 12.3. The molecule has 0 spiro atoms. The Kier molecular flexibility index (Phi) is 2.86. The fourth-order valence-electron chi connectivity index (χ4n) is 3.35. The van der Waals surface area contributed by atoms with Gasteiger partial charge in [-0.2, -0.15) is 0 Å². The van der Waals surface area contributed by atoms with Gasteiger partial charge in [-0.3, -0.25) is 4.79 Å². The predicted octanol–water partition coefficient (Wildman–Crippen LogP) is 1.10. The van der Waals surface area contributed by atoms with E-state index in [1.807, 2.05) is 4.90 Å². The monoisotopic (exact) mass is 262 g/mol. The average molecular weight is 262 g/mol. The topological polar surface area (TPSA) is 86.8 Å². The molecule has 102 valence electrons. The third kappa shape index (κ3) is 2.04. The van der Waals surface area contributed by atoms with E-state index in [4.69, 9.17) is 5.73 Å². The van der Waals surface area contributed by atoms with Crippen LogP contribution in [0.25, 0.3) is 0 Å². The SMILES string of the molecule is Nc1ccc(O)cc1C(=O)N1C2CCC1CC(O)C2. The number of hydrogen-bond donors (Lipinski definition) is 3. The van der Waals surface area contributed by atoms with Crippen LogP contribution in [-0.2, 0) is 0 Å². The van der Waals surface area contributed by atoms with Gasteiger partial charge >= 0.3 is 0 Å². The van der Waals surface area contributed by atoms with E-state index in [-0.39, 0.29) is 29.8 Å². The minimum absolute atomic E-state index is 0.0435. The number of nitrogens with two attached hydrogens (primary N) is 1. The third-order valence-electron chi connectivity index (χ3n) is 4.21. The van der Waals surface area contributed by atoms with Crippen LogP contribution in [-0.4, -0.2) is 39.2 Å². The van der Waals surface area contributed by atoms with E-state index in [1.54, 1.807) is 6.07 Å². The molecule has 2 aliphatic heterocycles. The summed E-state index contributed by atoms with van der Waals surface area (Å²) in [5.41, 5.74) is 6.57. The molecular formula is C14H18N2O3. The summed E-state index contributed by atoms with van der Waals surface area (Å²) in [5, 5.41) is 19.3. The molecule has 5 nitrogen and oxygen atoms in total. The molecule has 5 heteroatoms. The van der Waals surface area contributed by atoms with E-state index >= 15 is 0 Å². The van der Waals surface area contributed by atoms with Gasteiger partial charge in [-0.05, 0) is 43.9 Å². The van der Waals surface area contributed by atoms with Crippen LogP contribution in [0.4, 0.5) is 5.69 Å². The van der Waals surface area contributed by atoms with E-state index < -0.39 is 0 Å². The molecule has 2 fully saturated rings. The van der Waals surface area contributed by atoms with Gasteiger partial charge in [-0.1, -0.05) is 0 Å². The number of amides is 1. The van der Waals surface area contributed by atoms with Crippen molar-refractivity contribution in [2.45, 2.75) is 43.9 Å². The van der Waals surface area contributed by atoms with E-state index in [9.17, 15) is 15.0 Å². The van der Waals surface area contributed by atoms with Gasteiger partial charge in [-0.15, -0.1) is 0 Å². The molecule has 1 amide bonds. The maximum atomic E-state index is 12.6. The molecule has 3 rings (SSSR count). The zero-order valence-corrected chi connectivity index (χ0v) is 10.6. The number of piperidine rings is 1. The molecule has 0 radical (unpaired) electrons. The molecule has 2 bridgehead atoms. The van der Waals surface area contributed by atoms with Crippen molar-refractivity contribution in [3.63, 3.8) is 0 Å². The molecule has 0 aliphatic carbocycles. The number of aromatic hydroxyl groups is 1. The number of fused-ring (bicyclic) bond motifs is 2. The highest BCUT2D eigenvalue weighted by atomic mass is 16.3. The fourth-order valence-corrected chi connectivity index (χ4v) is 3.35. The Morgan fingerprint density at radius 2 is 1.89 bits per heavy atom. The summed E-state index contributed by atoms with van der Waals surface area (Å²) in [6, 6.07) is 4.64. The molecule has 0 aromatic heterocycles. The molecule has 1 aromatic rings. The van der Waals surface area contributed by atoms with Crippen LogP contribution in [0.15, 0.2) is 18.2 Å². The Hall–Kier alpha value is -1.75. The first-order valence-electron chi connectivity index (χ1n) is 6.65. The van der Waals surface area contributed by atoms with Gasteiger partial charge in [-0.25, -0.2) is 0 Å². The van der Waals surface area contributed by atoms with E-state index in [1.165, 1.54) is 12.1 Å². The number of nitrogens with zero attached hydrogens (tertiary/aromatic N) is 1. The third-order valence-corrected chi connectivity index (χ3v) is 4.21. The Morgan fingerprint density at radius 1 is 1.26 bits per heavy atom. The minimum Gasteiger partial charge on any atom is -0.508 e. The Morgan fingerprint density at radius 3 is 2.53 bits per heavy atom. The van der Waals surface area contributed by atoms with Crippen molar-refractivity contribution in [3.05, 3.63) is 23.8 Å². The summed E-state index contributed by atoms with van der Waals surface area (Å²) < 4.78 is 0. The molecule has 2 heterocycles. The maximum Gasteiger partial charge on any atom is 0.256 e. The highest BCUT2D eigenvalue weighted by Crippen LogP contribution is 2.37. The number of benzene rings is 1. The predicted molar refractivity (Wildman–Crippen MR) is 70.7 cm³/mol. The molecular weight excluding hydrogens is 244 g/mol. The highest BCUT2D eigenvalue weighted by Gasteiger charge is 2.43. The van der Waals surface area contributed by atoms with Crippen molar-refractivity contribution < 1.29 is 15.0 Å². The van der Waals surface area contributed by atoms with Crippen molar-refractivity contribution in [2.24, 2.45) is 0 Å². The van der Waals surface area contributed by atoms with Crippen molar-refractivity contribution in [2.75, 3.05) is 5.73 Å². The van der Waals surface area contributed by atoms with E-state index in [0.29, 0.717) is 24.1 Å². The van der Waals surface area contributed by atoms with Gasteiger partial charge in [0.1, 0.15) is 5.75 Å². The molecule has 1 aromatic carbocycles. The number of carbonyl (C=O) groups is 1. The lowest BCUT2D eigenvalue weighted by Gasteiger charge is -2.37. The Balaban J connectivity index is 1.90. The number of aliphatic hydroxyl groups is 1. The second-order valence-electron chi connectivity index (χ2n) is 5.49. The van der Waals surface area contributed by atoms with Crippen LogP contribution in [0.5, 0.6) is 5.75 Å². The van der Waals surface area contributed by atoms with Gasteiger partial charge in [0, 0.05) is 17.8 Å². The van der Waals surface area contributed by atoms with Crippen LogP contribution >= 0.6 is 0 Å². The normalized spacial score (nSPS) is 29.5. The van der Waals surface area contributed by atoms with Crippen LogP contribution in [0.1, 0.15) is 36.0 Å². The number of phenolic OH excluding ortho intramolecular Hbond substituents is 1. The van der Waals surface area contributed by atoms with Crippen LogP contribution in [0.2, 0.25) is 0 Å². The molecule has 0 saturated carbocycles. The highest BCUT2D eigenvalue weighted by molar-refractivity contribution is 6.00. The standard InChI is InChI=1S/C14H18N2O3/c15-13-4-3-10(17)7-12(13)14(19)16-8-1-2-9(16)6-11(18)5-8/h3-4,7-9,11,17-18H,1-2,5-6,15H2. The smallest absolute Gasteiger partial charge is 0.256 e. The molecule has 2 aliphatic rings. The van der Waals surface area contributed by atoms with Gasteiger partial charge in [0.05, 0.1) is 11.7 Å². The quantitative estimate of drug-likeness (QED) is 0.522. The van der Waals surface area contributed by atoms with Crippen molar-refractivity contribution in [1.82, 2.24) is 4.90 Å². The van der Waals surface area contributed by atoms with Crippen LogP contribution in [0.3, 0.4) is 0 Å². The summed E-state index contributed by atoms with van der Waals surface area (Å²) in [5.74, 6) is -0.0882. The molecule has 19 heavy (non-hydrogen) atoms. The second kappa shape index (κ2) is 4.42. The minimum atomic E-state index is -0.303. The number of hydrogen-bond acceptors (Lipinski definition) is 4. The van der Waals surface area contributed by atoms with Crippen LogP contribution in [0, 0.1) is 0 Å². The number of carbonyl (C=O) groups excluding carboxylic acids is 1. The number of rotatable bonds is 1. The summed E-state index contributed by atoms with van der Waals surface area (Å²) in [4.78, 5) is 14.4. The fraction of sp³-hybridized carbons (Fsp3) is 0.500. The van der Waals surface area contributed by atoms with Gasteiger partial charge < -0.3 is 20.8 Å². The summed E-state index contributed by atoms with van der Waals surface area (Å²) in [6.07, 6.45) is 2.85.